The van der Waals surface area contributed by atoms with Gasteiger partial charge in [0, 0.05) is 12.3 Å². The standard InChI is InChI=1S/C10H13NO4/c1-5-3-4-7-8(6(2)11-15-7)10(5,14)9(12)13/h5,14H,3-4H2,1-2H3,(H,12,13). The number of aliphatic hydroxyl groups is 1. The lowest BCUT2D eigenvalue weighted by Gasteiger charge is -2.33. The molecule has 1 aliphatic rings. The molecule has 0 aliphatic heterocycles. The maximum Gasteiger partial charge on any atom is 0.340 e. The number of fused-ring (bicyclic) bond motifs is 1. The first-order chi connectivity index (χ1) is 6.98. The van der Waals surface area contributed by atoms with Crippen molar-refractivity contribution in [1.82, 2.24) is 5.16 Å². The summed E-state index contributed by atoms with van der Waals surface area (Å²) in [5.74, 6) is -1.07. The van der Waals surface area contributed by atoms with Gasteiger partial charge in [0.05, 0.1) is 11.3 Å². The third-order valence-electron chi connectivity index (χ3n) is 3.16. The second-order valence-corrected chi connectivity index (χ2v) is 4.08. The van der Waals surface area contributed by atoms with Gasteiger partial charge in [0.25, 0.3) is 0 Å². The predicted octanol–water partition coefficient (Wildman–Crippen LogP) is 0.838. The fourth-order valence-electron chi connectivity index (χ4n) is 2.20. The Hall–Kier alpha value is -1.36. The highest BCUT2D eigenvalue weighted by Crippen LogP contribution is 2.41. The molecule has 0 saturated heterocycles. The first-order valence-electron chi connectivity index (χ1n) is 4.89. The number of rotatable bonds is 1. The Morgan fingerprint density at radius 1 is 1.67 bits per heavy atom. The largest absolute Gasteiger partial charge is 0.479 e. The number of aromatic nitrogens is 1. The first-order valence-corrected chi connectivity index (χ1v) is 4.89. The van der Waals surface area contributed by atoms with Gasteiger partial charge in [0.15, 0.2) is 5.60 Å². The average molecular weight is 211 g/mol. The van der Waals surface area contributed by atoms with E-state index < -0.39 is 11.6 Å². The van der Waals surface area contributed by atoms with Gasteiger partial charge in [-0.3, -0.25) is 0 Å². The summed E-state index contributed by atoms with van der Waals surface area (Å²) in [6.07, 6.45) is 1.22. The summed E-state index contributed by atoms with van der Waals surface area (Å²) in [7, 11) is 0. The highest BCUT2D eigenvalue weighted by atomic mass is 16.5. The van der Waals surface area contributed by atoms with E-state index in [1.165, 1.54) is 0 Å². The minimum Gasteiger partial charge on any atom is -0.479 e. The van der Waals surface area contributed by atoms with Crippen molar-refractivity contribution in [2.24, 2.45) is 5.92 Å². The van der Waals surface area contributed by atoms with Crippen LogP contribution in [-0.2, 0) is 16.8 Å². The van der Waals surface area contributed by atoms with Crippen LogP contribution in [0.3, 0.4) is 0 Å². The number of hydrogen-bond donors (Lipinski definition) is 2. The highest BCUT2D eigenvalue weighted by molar-refractivity contribution is 5.80. The van der Waals surface area contributed by atoms with Crippen molar-refractivity contribution in [2.75, 3.05) is 0 Å². The van der Waals surface area contributed by atoms with E-state index in [9.17, 15) is 9.90 Å². The van der Waals surface area contributed by atoms with Crippen molar-refractivity contribution in [1.29, 1.82) is 0 Å². The molecule has 0 aromatic carbocycles. The monoisotopic (exact) mass is 211 g/mol. The molecule has 0 bridgehead atoms. The van der Waals surface area contributed by atoms with Gasteiger partial charge in [0.1, 0.15) is 5.76 Å². The molecule has 0 fully saturated rings. The molecule has 5 heteroatoms. The second-order valence-electron chi connectivity index (χ2n) is 4.08. The van der Waals surface area contributed by atoms with Crippen LogP contribution in [0.5, 0.6) is 0 Å². The van der Waals surface area contributed by atoms with Crippen molar-refractivity contribution >= 4 is 5.97 Å². The van der Waals surface area contributed by atoms with E-state index in [0.29, 0.717) is 29.9 Å². The lowest BCUT2D eigenvalue weighted by Crippen LogP contribution is -2.45. The quantitative estimate of drug-likeness (QED) is 0.719. The first kappa shape index (κ1) is 10.2. The van der Waals surface area contributed by atoms with Crippen LogP contribution >= 0.6 is 0 Å². The van der Waals surface area contributed by atoms with Gasteiger partial charge < -0.3 is 14.7 Å². The summed E-state index contributed by atoms with van der Waals surface area (Å²) in [4.78, 5) is 11.2. The van der Waals surface area contributed by atoms with Crippen molar-refractivity contribution in [3.8, 4) is 0 Å². The smallest absolute Gasteiger partial charge is 0.340 e. The number of carboxylic acids is 1. The van der Waals surface area contributed by atoms with Gasteiger partial charge in [-0.2, -0.15) is 0 Å². The topological polar surface area (TPSA) is 83.6 Å². The Bertz CT molecular complexity index is 412. The number of hydrogen-bond acceptors (Lipinski definition) is 4. The molecule has 0 radical (unpaired) electrons. The van der Waals surface area contributed by atoms with Gasteiger partial charge in [-0.05, 0) is 13.3 Å². The lowest BCUT2D eigenvalue weighted by atomic mass is 9.74. The summed E-state index contributed by atoms with van der Waals surface area (Å²) in [6, 6.07) is 0. The molecule has 1 aliphatic carbocycles. The molecule has 1 aromatic heterocycles. The highest BCUT2D eigenvalue weighted by Gasteiger charge is 2.50. The fourth-order valence-corrected chi connectivity index (χ4v) is 2.20. The molecule has 0 amide bonds. The molecule has 0 spiro atoms. The lowest BCUT2D eigenvalue weighted by molar-refractivity contribution is -0.167. The van der Waals surface area contributed by atoms with Crippen molar-refractivity contribution < 1.29 is 19.5 Å². The van der Waals surface area contributed by atoms with Gasteiger partial charge >= 0.3 is 5.97 Å². The third-order valence-corrected chi connectivity index (χ3v) is 3.16. The van der Waals surface area contributed by atoms with Crippen molar-refractivity contribution in [3.05, 3.63) is 17.0 Å². The van der Waals surface area contributed by atoms with E-state index in [4.69, 9.17) is 9.63 Å². The van der Waals surface area contributed by atoms with Crippen LogP contribution in [0.25, 0.3) is 0 Å². The number of aliphatic carboxylic acids is 1. The minimum absolute atomic E-state index is 0.333. The van der Waals surface area contributed by atoms with E-state index in [1.807, 2.05) is 0 Å². The number of aryl methyl sites for hydroxylation is 2. The SMILES string of the molecule is Cc1noc2c1C(O)(C(=O)O)C(C)CC2. The maximum atomic E-state index is 11.2. The second kappa shape index (κ2) is 3.06. The zero-order valence-electron chi connectivity index (χ0n) is 8.65. The molecular weight excluding hydrogens is 198 g/mol. The third kappa shape index (κ3) is 1.19. The molecule has 1 aromatic rings. The van der Waals surface area contributed by atoms with Crippen LogP contribution in [0.1, 0.15) is 30.4 Å². The van der Waals surface area contributed by atoms with Crippen LogP contribution < -0.4 is 0 Å². The Morgan fingerprint density at radius 3 is 2.93 bits per heavy atom. The van der Waals surface area contributed by atoms with Crippen molar-refractivity contribution in [2.45, 2.75) is 32.3 Å². The Morgan fingerprint density at radius 2 is 2.33 bits per heavy atom. The zero-order valence-corrected chi connectivity index (χ0v) is 8.65. The summed E-state index contributed by atoms with van der Waals surface area (Å²) in [6.45, 7) is 3.37. The Balaban J connectivity index is 2.64. The molecule has 0 saturated carbocycles. The number of carboxylic acid groups (broad SMARTS) is 1. The zero-order chi connectivity index (χ0) is 11.2. The number of carbonyl (C=O) groups is 1. The molecule has 2 rings (SSSR count). The van der Waals surface area contributed by atoms with Gasteiger partial charge in [-0.15, -0.1) is 0 Å². The van der Waals surface area contributed by atoms with Crippen LogP contribution in [-0.4, -0.2) is 21.3 Å². The van der Waals surface area contributed by atoms with Crippen LogP contribution in [0.4, 0.5) is 0 Å². The predicted molar refractivity (Wildman–Crippen MR) is 50.3 cm³/mol. The normalized spacial score (nSPS) is 29.9. The molecule has 82 valence electrons. The molecule has 2 atom stereocenters. The Labute approximate surface area is 86.7 Å². The van der Waals surface area contributed by atoms with E-state index in [-0.39, 0.29) is 5.92 Å². The minimum atomic E-state index is -1.85. The van der Waals surface area contributed by atoms with E-state index in [0.717, 1.165) is 0 Å². The summed E-state index contributed by atoms with van der Waals surface area (Å²) in [5.41, 5.74) is -1.05. The Kier molecular flexibility index (Phi) is 2.08. The van der Waals surface area contributed by atoms with Gasteiger partial charge in [0.2, 0.25) is 0 Å². The molecule has 2 N–H and O–H groups in total. The molecule has 5 nitrogen and oxygen atoms in total. The van der Waals surface area contributed by atoms with E-state index >= 15 is 0 Å². The van der Waals surface area contributed by atoms with Crippen LogP contribution in [0, 0.1) is 12.8 Å². The van der Waals surface area contributed by atoms with Gasteiger partial charge in [-0.25, -0.2) is 4.79 Å². The molecule has 15 heavy (non-hydrogen) atoms. The number of nitrogens with zero attached hydrogens (tertiary/aromatic N) is 1. The molecule has 1 heterocycles. The van der Waals surface area contributed by atoms with Gasteiger partial charge in [-0.1, -0.05) is 12.1 Å². The summed E-state index contributed by atoms with van der Waals surface area (Å²) in [5, 5.41) is 23.1. The summed E-state index contributed by atoms with van der Waals surface area (Å²) >= 11 is 0. The van der Waals surface area contributed by atoms with Crippen LogP contribution in [0.15, 0.2) is 4.52 Å². The van der Waals surface area contributed by atoms with E-state index in [1.54, 1.807) is 13.8 Å². The average Bonchev–Trinajstić information content (AvgIpc) is 2.54. The maximum absolute atomic E-state index is 11.2. The van der Waals surface area contributed by atoms with Crippen LogP contribution in [0.2, 0.25) is 0 Å². The van der Waals surface area contributed by atoms with E-state index in [2.05, 4.69) is 5.16 Å². The summed E-state index contributed by atoms with van der Waals surface area (Å²) < 4.78 is 5.01. The van der Waals surface area contributed by atoms with Crippen molar-refractivity contribution in [3.63, 3.8) is 0 Å². The molecular formula is C10H13NO4. The fraction of sp³-hybridized carbons (Fsp3) is 0.600. The molecule has 2 unspecified atom stereocenters.